The van der Waals surface area contributed by atoms with Crippen LogP contribution in [0.25, 0.3) is 0 Å². The van der Waals surface area contributed by atoms with Crippen molar-refractivity contribution in [2.45, 2.75) is 13.0 Å². The summed E-state index contributed by atoms with van der Waals surface area (Å²) in [5.41, 5.74) is 2.79. The van der Waals surface area contributed by atoms with Crippen LogP contribution in [0.2, 0.25) is 0 Å². The zero-order chi connectivity index (χ0) is 12.4. The molecule has 2 nitrogen and oxygen atoms in total. The van der Waals surface area contributed by atoms with E-state index in [-0.39, 0.29) is 16.2 Å². The van der Waals surface area contributed by atoms with Gasteiger partial charge < -0.3 is 5.32 Å². The highest BCUT2D eigenvalue weighted by atomic mass is 79.9. The van der Waals surface area contributed by atoms with Gasteiger partial charge in [0.1, 0.15) is 11.6 Å². The maximum Gasteiger partial charge on any atom is 0.149 e. The molecular weight excluding hydrogens is 310 g/mol. The van der Waals surface area contributed by atoms with Gasteiger partial charge >= 0.3 is 0 Å². The van der Waals surface area contributed by atoms with E-state index in [1.54, 1.807) is 5.51 Å². The number of halogens is 3. The van der Waals surface area contributed by atoms with Gasteiger partial charge in [-0.15, -0.1) is 11.3 Å². The number of thiazole rings is 1. The molecule has 0 radical (unpaired) electrons. The normalized spacial score (nSPS) is 12.5. The minimum absolute atomic E-state index is 0.131. The number of nitrogens with zero attached hydrogens (tertiary/aromatic N) is 1. The summed E-state index contributed by atoms with van der Waals surface area (Å²) in [6.45, 7) is 1.87. The predicted molar refractivity (Wildman–Crippen MR) is 68.2 cm³/mol. The van der Waals surface area contributed by atoms with E-state index in [0.29, 0.717) is 0 Å². The van der Waals surface area contributed by atoms with E-state index in [0.717, 1.165) is 11.8 Å². The van der Waals surface area contributed by atoms with Gasteiger partial charge in [-0.3, -0.25) is 0 Å². The maximum atomic E-state index is 13.5. The first-order valence-electron chi connectivity index (χ1n) is 4.87. The first kappa shape index (κ1) is 12.4. The van der Waals surface area contributed by atoms with Gasteiger partial charge in [0, 0.05) is 11.4 Å². The van der Waals surface area contributed by atoms with Gasteiger partial charge in [0.25, 0.3) is 0 Å². The Morgan fingerprint density at radius 2 is 2.12 bits per heavy atom. The summed E-state index contributed by atoms with van der Waals surface area (Å²) in [6, 6.07) is 2.10. The van der Waals surface area contributed by atoms with Crippen molar-refractivity contribution in [3.63, 3.8) is 0 Å². The number of hydrogen-bond acceptors (Lipinski definition) is 3. The predicted octanol–water partition coefficient (Wildman–Crippen LogP) is 4.36. The fourth-order valence-electron chi connectivity index (χ4n) is 1.38. The highest BCUT2D eigenvalue weighted by Gasteiger charge is 2.12. The van der Waals surface area contributed by atoms with Crippen LogP contribution in [0.1, 0.15) is 18.7 Å². The minimum Gasteiger partial charge on any atom is -0.375 e. The third-order valence-corrected chi connectivity index (χ3v) is 3.49. The van der Waals surface area contributed by atoms with E-state index in [2.05, 4.69) is 26.2 Å². The number of anilines is 1. The lowest BCUT2D eigenvalue weighted by Gasteiger charge is -2.14. The summed E-state index contributed by atoms with van der Waals surface area (Å²) in [7, 11) is 0. The summed E-state index contributed by atoms with van der Waals surface area (Å²) < 4.78 is 26.8. The Bertz CT molecular complexity index is 516. The third-order valence-electron chi connectivity index (χ3n) is 2.28. The van der Waals surface area contributed by atoms with Crippen molar-refractivity contribution in [2.75, 3.05) is 5.32 Å². The summed E-state index contributed by atoms with van der Waals surface area (Å²) in [5.74, 6) is -1.23. The molecule has 1 aromatic heterocycles. The van der Waals surface area contributed by atoms with Crippen molar-refractivity contribution in [2.24, 2.45) is 0 Å². The van der Waals surface area contributed by atoms with Crippen LogP contribution in [0.15, 0.2) is 27.5 Å². The second-order valence-electron chi connectivity index (χ2n) is 3.53. The van der Waals surface area contributed by atoms with Crippen molar-refractivity contribution in [3.8, 4) is 0 Å². The Balaban J connectivity index is 2.22. The monoisotopic (exact) mass is 318 g/mol. The number of rotatable bonds is 3. The quantitative estimate of drug-likeness (QED) is 0.851. The number of aromatic nitrogens is 1. The van der Waals surface area contributed by atoms with Crippen LogP contribution in [0.3, 0.4) is 0 Å². The minimum atomic E-state index is -0.618. The molecule has 0 bridgehead atoms. The fraction of sp³-hybridized carbons (Fsp3) is 0.182. The lowest BCUT2D eigenvalue weighted by atomic mass is 10.2. The van der Waals surface area contributed by atoms with Crippen molar-refractivity contribution < 1.29 is 8.78 Å². The Morgan fingerprint density at radius 1 is 1.35 bits per heavy atom. The Hall–Kier alpha value is -1.01. The van der Waals surface area contributed by atoms with E-state index in [1.807, 2.05) is 12.3 Å². The summed E-state index contributed by atoms with van der Waals surface area (Å²) in [4.78, 5) is 4.13. The maximum absolute atomic E-state index is 13.5. The van der Waals surface area contributed by atoms with Crippen molar-refractivity contribution in [1.82, 2.24) is 4.98 Å². The van der Waals surface area contributed by atoms with Gasteiger partial charge in [-0.1, -0.05) is 0 Å². The second-order valence-corrected chi connectivity index (χ2v) is 5.10. The molecule has 0 aliphatic rings. The molecular formula is C11H9BrF2N2S. The molecule has 1 unspecified atom stereocenters. The molecule has 90 valence electrons. The molecule has 1 heterocycles. The molecule has 0 aliphatic carbocycles. The lowest BCUT2D eigenvalue weighted by molar-refractivity contribution is 0.579. The van der Waals surface area contributed by atoms with Crippen LogP contribution < -0.4 is 5.32 Å². The van der Waals surface area contributed by atoms with Crippen LogP contribution in [0.5, 0.6) is 0 Å². The molecule has 6 heteroatoms. The van der Waals surface area contributed by atoms with E-state index < -0.39 is 11.6 Å². The van der Waals surface area contributed by atoms with Crippen molar-refractivity contribution in [1.29, 1.82) is 0 Å². The largest absolute Gasteiger partial charge is 0.375 e. The Morgan fingerprint density at radius 3 is 2.76 bits per heavy atom. The molecule has 0 spiro atoms. The van der Waals surface area contributed by atoms with Crippen LogP contribution in [-0.4, -0.2) is 4.98 Å². The van der Waals surface area contributed by atoms with Gasteiger partial charge in [-0.2, -0.15) is 0 Å². The molecule has 0 saturated heterocycles. The molecule has 2 aromatic rings. The molecule has 1 N–H and O–H groups in total. The van der Waals surface area contributed by atoms with E-state index in [1.165, 1.54) is 17.4 Å². The SMILES string of the molecule is CC(Nc1cc(Br)c(F)cc1F)c1cscn1. The number of benzene rings is 1. The average Bonchev–Trinajstić information content (AvgIpc) is 2.79. The molecule has 1 atom stereocenters. The van der Waals surface area contributed by atoms with Gasteiger partial charge in [0.15, 0.2) is 0 Å². The van der Waals surface area contributed by atoms with Crippen LogP contribution in [0, 0.1) is 11.6 Å². The van der Waals surface area contributed by atoms with E-state index >= 15 is 0 Å². The van der Waals surface area contributed by atoms with Crippen LogP contribution >= 0.6 is 27.3 Å². The Labute approximate surface area is 110 Å². The molecule has 0 fully saturated rings. The third kappa shape index (κ3) is 2.81. The van der Waals surface area contributed by atoms with Gasteiger partial charge in [0.05, 0.1) is 27.4 Å². The molecule has 2 rings (SSSR count). The zero-order valence-electron chi connectivity index (χ0n) is 8.88. The zero-order valence-corrected chi connectivity index (χ0v) is 11.3. The lowest BCUT2D eigenvalue weighted by Crippen LogP contribution is -2.08. The first-order chi connectivity index (χ1) is 8.08. The highest BCUT2D eigenvalue weighted by Crippen LogP contribution is 2.26. The number of hydrogen-bond donors (Lipinski definition) is 1. The van der Waals surface area contributed by atoms with E-state index in [4.69, 9.17) is 0 Å². The van der Waals surface area contributed by atoms with Crippen molar-refractivity contribution >= 4 is 33.0 Å². The molecule has 0 amide bonds. The molecule has 0 saturated carbocycles. The first-order valence-corrected chi connectivity index (χ1v) is 6.60. The molecule has 1 aromatic carbocycles. The van der Waals surface area contributed by atoms with Crippen LogP contribution in [0.4, 0.5) is 14.5 Å². The standard InChI is InChI=1S/C11H9BrF2N2S/c1-6(11-4-17-5-15-11)16-10-2-7(12)8(13)3-9(10)14/h2-6,16H,1H3. The number of nitrogens with one attached hydrogen (secondary N) is 1. The van der Waals surface area contributed by atoms with E-state index in [9.17, 15) is 8.78 Å². The summed E-state index contributed by atoms with van der Waals surface area (Å²) in [6.07, 6.45) is 0. The van der Waals surface area contributed by atoms with Gasteiger partial charge in [-0.05, 0) is 28.9 Å². The smallest absolute Gasteiger partial charge is 0.149 e. The van der Waals surface area contributed by atoms with Gasteiger partial charge in [-0.25, -0.2) is 13.8 Å². The van der Waals surface area contributed by atoms with Crippen molar-refractivity contribution in [3.05, 3.63) is 44.8 Å². The summed E-state index contributed by atoms with van der Waals surface area (Å²) >= 11 is 4.50. The average molecular weight is 319 g/mol. The molecule has 17 heavy (non-hydrogen) atoms. The fourth-order valence-corrected chi connectivity index (χ4v) is 2.37. The topological polar surface area (TPSA) is 24.9 Å². The summed E-state index contributed by atoms with van der Waals surface area (Å²) in [5, 5.41) is 4.84. The van der Waals surface area contributed by atoms with Crippen LogP contribution in [-0.2, 0) is 0 Å². The second kappa shape index (κ2) is 5.10. The highest BCUT2D eigenvalue weighted by molar-refractivity contribution is 9.10. The van der Waals surface area contributed by atoms with Gasteiger partial charge in [0.2, 0.25) is 0 Å². The molecule has 0 aliphatic heterocycles. The Kier molecular flexibility index (Phi) is 3.73.